The third kappa shape index (κ3) is 2.51. The van der Waals surface area contributed by atoms with Gasteiger partial charge in [0.25, 0.3) is 11.9 Å². The van der Waals surface area contributed by atoms with Crippen LogP contribution in [0, 0.1) is 23.5 Å². The summed E-state index contributed by atoms with van der Waals surface area (Å²) in [5, 5.41) is 3.86. The summed E-state index contributed by atoms with van der Waals surface area (Å²) in [6, 6.07) is -0.00189. The molecule has 0 amide bonds. The monoisotopic (exact) mass is 275 g/mol. The topological polar surface area (TPSA) is 39.9 Å². The number of pyridine rings is 1. The van der Waals surface area contributed by atoms with Crippen molar-refractivity contribution in [2.24, 2.45) is 0 Å². The first-order valence-electron chi connectivity index (χ1n) is 5.32. The Bertz CT molecular complexity index is 586. The molecule has 0 aromatic carbocycles. The van der Waals surface area contributed by atoms with Crippen LogP contribution in [0.4, 0.5) is 17.6 Å². The summed E-state index contributed by atoms with van der Waals surface area (Å²) in [6.07, 6.45) is 2.52. The van der Waals surface area contributed by atoms with Gasteiger partial charge in [0.15, 0.2) is 5.75 Å². The van der Waals surface area contributed by atoms with E-state index in [0.717, 1.165) is 0 Å². The summed E-state index contributed by atoms with van der Waals surface area (Å²) in [5.41, 5.74) is 0. The van der Waals surface area contributed by atoms with E-state index >= 15 is 0 Å². The predicted molar refractivity (Wildman–Crippen MR) is 56.8 cm³/mol. The van der Waals surface area contributed by atoms with E-state index in [9.17, 15) is 17.6 Å². The average molecular weight is 275 g/mol. The molecule has 2 rings (SSSR count). The first-order valence-corrected chi connectivity index (χ1v) is 5.32. The maximum atomic E-state index is 13.3. The zero-order valence-electron chi connectivity index (χ0n) is 9.99. The SMILES string of the molecule is CC(C)n1cc(Oc2c(F)c(F)nc(F)c2F)cn1. The highest BCUT2D eigenvalue weighted by atomic mass is 19.2. The van der Waals surface area contributed by atoms with Gasteiger partial charge in [0.2, 0.25) is 17.4 Å². The molecule has 0 aliphatic rings. The molecule has 0 radical (unpaired) electrons. The van der Waals surface area contributed by atoms with Crippen LogP contribution in [0.1, 0.15) is 19.9 Å². The van der Waals surface area contributed by atoms with Gasteiger partial charge in [-0.3, -0.25) is 4.68 Å². The van der Waals surface area contributed by atoms with E-state index in [1.165, 1.54) is 17.1 Å². The lowest BCUT2D eigenvalue weighted by Gasteiger charge is -2.06. The first kappa shape index (κ1) is 13.3. The van der Waals surface area contributed by atoms with Gasteiger partial charge < -0.3 is 4.74 Å². The normalized spacial score (nSPS) is 11.1. The number of hydrogen-bond acceptors (Lipinski definition) is 3. The molecule has 102 valence electrons. The van der Waals surface area contributed by atoms with Gasteiger partial charge in [-0.1, -0.05) is 0 Å². The fraction of sp³-hybridized carbons (Fsp3) is 0.273. The molecular weight excluding hydrogens is 266 g/mol. The van der Waals surface area contributed by atoms with Gasteiger partial charge in [-0.25, -0.2) is 0 Å². The Morgan fingerprint density at radius 3 is 2.16 bits per heavy atom. The standard InChI is InChI=1S/C11H9F4N3O/c1-5(2)18-4-6(3-16-18)19-9-7(12)10(14)17-11(15)8(9)13/h3-5H,1-2H3. The van der Waals surface area contributed by atoms with Gasteiger partial charge in [-0.2, -0.15) is 27.6 Å². The third-order valence-electron chi connectivity index (χ3n) is 2.28. The second-order valence-electron chi connectivity index (χ2n) is 4.00. The van der Waals surface area contributed by atoms with Crippen LogP contribution >= 0.6 is 0 Å². The van der Waals surface area contributed by atoms with Crippen LogP contribution in [0.2, 0.25) is 0 Å². The summed E-state index contributed by atoms with van der Waals surface area (Å²) in [7, 11) is 0. The van der Waals surface area contributed by atoms with E-state index in [4.69, 9.17) is 4.74 Å². The Morgan fingerprint density at radius 2 is 1.68 bits per heavy atom. The molecule has 4 nitrogen and oxygen atoms in total. The van der Waals surface area contributed by atoms with Crippen LogP contribution in [0.3, 0.4) is 0 Å². The molecule has 19 heavy (non-hydrogen) atoms. The molecule has 0 bridgehead atoms. The minimum atomic E-state index is -1.77. The lowest BCUT2D eigenvalue weighted by Crippen LogP contribution is -2.03. The smallest absolute Gasteiger partial charge is 0.255 e. The van der Waals surface area contributed by atoms with E-state index in [1.54, 1.807) is 0 Å². The molecule has 0 aliphatic carbocycles. The molecule has 0 spiro atoms. The number of nitrogens with zero attached hydrogens (tertiary/aromatic N) is 3. The fourth-order valence-electron chi connectivity index (χ4n) is 1.33. The Kier molecular flexibility index (Phi) is 3.41. The molecule has 0 saturated carbocycles. The van der Waals surface area contributed by atoms with E-state index in [-0.39, 0.29) is 11.8 Å². The Morgan fingerprint density at radius 1 is 1.11 bits per heavy atom. The summed E-state index contributed by atoms with van der Waals surface area (Å²) >= 11 is 0. The van der Waals surface area contributed by atoms with Crippen LogP contribution < -0.4 is 4.74 Å². The van der Waals surface area contributed by atoms with Gasteiger partial charge in [0.05, 0.1) is 12.4 Å². The number of aromatic nitrogens is 3. The maximum Gasteiger partial charge on any atom is 0.255 e. The van der Waals surface area contributed by atoms with E-state index < -0.39 is 29.3 Å². The minimum absolute atomic E-state index is 0.00189. The molecule has 2 aromatic heterocycles. The Labute approximate surface area is 105 Å². The molecule has 0 saturated heterocycles. The van der Waals surface area contributed by atoms with Crippen molar-refractivity contribution in [3.63, 3.8) is 0 Å². The van der Waals surface area contributed by atoms with Gasteiger partial charge in [0.1, 0.15) is 0 Å². The predicted octanol–water partition coefficient (Wildman–Crippen LogP) is 3.21. The molecule has 2 heterocycles. The molecular formula is C11H9F4N3O. The van der Waals surface area contributed by atoms with Crippen molar-refractivity contribution in [3.05, 3.63) is 35.9 Å². The van der Waals surface area contributed by atoms with Gasteiger partial charge in [-0.15, -0.1) is 0 Å². The van der Waals surface area contributed by atoms with Crippen LogP contribution in [-0.2, 0) is 0 Å². The van der Waals surface area contributed by atoms with E-state index in [1.807, 2.05) is 13.8 Å². The first-order chi connectivity index (χ1) is 8.90. The molecule has 0 N–H and O–H groups in total. The van der Waals surface area contributed by atoms with Gasteiger partial charge >= 0.3 is 0 Å². The van der Waals surface area contributed by atoms with Crippen molar-refractivity contribution in [1.29, 1.82) is 0 Å². The highest BCUT2D eigenvalue weighted by Gasteiger charge is 2.23. The largest absolute Gasteiger partial charge is 0.447 e. The van der Waals surface area contributed by atoms with Crippen molar-refractivity contribution >= 4 is 0 Å². The molecule has 0 unspecified atom stereocenters. The minimum Gasteiger partial charge on any atom is -0.447 e. The molecule has 0 fully saturated rings. The fourth-order valence-corrected chi connectivity index (χ4v) is 1.33. The number of hydrogen-bond donors (Lipinski definition) is 0. The summed E-state index contributed by atoms with van der Waals surface area (Å²) in [4.78, 5) is 2.42. The number of rotatable bonds is 3. The zero-order valence-corrected chi connectivity index (χ0v) is 9.99. The second-order valence-corrected chi connectivity index (χ2v) is 4.00. The van der Waals surface area contributed by atoms with Crippen LogP contribution in [0.5, 0.6) is 11.5 Å². The van der Waals surface area contributed by atoms with Gasteiger partial charge in [-0.05, 0) is 13.8 Å². The summed E-state index contributed by atoms with van der Waals surface area (Å²) in [6.45, 7) is 3.65. The summed E-state index contributed by atoms with van der Waals surface area (Å²) < 4.78 is 58.6. The van der Waals surface area contributed by atoms with Crippen molar-refractivity contribution in [1.82, 2.24) is 14.8 Å². The zero-order chi connectivity index (χ0) is 14.2. The van der Waals surface area contributed by atoms with E-state index in [2.05, 4.69) is 10.1 Å². The molecule has 2 aromatic rings. The quantitative estimate of drug-likeness (QED) is 0.638. The highest BCUT2D eigenvalue weighted by Crippen LogP contribution is 2.29. The van der Waals surface area contributed by atoms with Crippen LogP contribution in [-0.4, -0.2) is 14.8 Å². The molecule has 0 atom stereocenters. The van der Waals surface area contributed by atoms with E-state index in [0.29, 0.717) is 0 Å². The van der Waals surface area contributed by atoms with Gasteiger partial charge in [0, 0.05) is 6.04 Å². The van der Waals surface area contributed by atoms with Crippen molar-refractivity contribution in [3.8, 4) is 11.5 Å². The summed E-state index contributed by atoms with van der Waals surface area (Å²) in [5.74, 6) is -8.17. The number of halogens is 4. The van der Waals surface area contributed by atoms with Crippen molar-refractivity contribution in [2.75, 3.05) is 0 Å². The third-order valence-corrected chi connectivity index (χ3v) is 2.28. The van der Waals surface area contributed by atoms with Crippen molar-refractivity contribution in [2.45, 2.75) is 19.9 Å². The molecule has 8 heteroatoms. The Balaban J connectivity index is 2.37. The lowest BCUT2D eigenvalue weighted by atomic mass is 10.4. The number of ether oxygens (including phenoxy) is 1. The maximum absolute atomic E-state index is 13.3. The van der Waals surface area contributed by atoms with Crippen LogP contribution in [0.15, 0.2) is 12.4 Å². The Hall–Kier alpha value is -2.12. The van der Waals surface area contributed by atoms with Crippen LogP contribution in [0.25, 0.3) is 0 Å². The highest BCUT2D eigenvalue weighted by molar-refractivity contribution is 5.30. The average Bonchev–Trinajstić information content (AvgIpc) is 2.81. The lowest BCUT2D eigenvalue weighted by molar-refractivity contribution is 0.343. The molecule has 0 aliphatic heterocycles. The second kappa shape index (κ2) is 4.87. The van der Waals surface area contributed by atoms with Crippen molar-refractivity contribution < 1.29 is 22.3 Å².